The van der Waals surface area contributed by atoms with E-state index in [9.17, 15) is 0 Å². The van der Waals surface area contributed by atoms with Crippen LogP contribution < -0.4 is 20.5 Å². The highest BCUT2D eigenvalue weighted by Gasteiger charge is 2.16. The number of nitrogens with two attached hydrogens (primary N) is 1. The largest absolute Gasteiger partial charge is 0.497 e. The minimum absolute atomic E-state index is 0.00352. The maximum Gasteiger partial charge on any atom is 0.150 e. The van der Waals surface area contributed by atoms with Crippen molar-refractivity contribution in [2.45, 2.75) is 13.2 Å². The Morgan fingerprint density at radius 2 is 1.88 bits per heavy atom. The molecule has 2 aromatic carbocycles. The van der Waals surface area contributed by atoms with Gasteiger partial charge in [-0.1, -0.05) is 12.1 Å². The molecule has 4 aromatic rings. The molecular weight excluding hydrogens is 406 g/mol. The number of hydrogen-bond donors (Lipinski definition) is 2. The van der Waals surface area contributed by atoms with Crippen LogP contribution in [0.5, 0.6) is 11.5 Å². The van der Waals surface area contributed by atoms with Crippen LogP contribution in [0.2, 0.25) is 0 Å². The van der Waals surface area contributed by atoms with E-state index >= 15 is 0 Å². The molecule has 2 aromatic heterocycles. The molecule has 0 aliphatic heterocycles. The lowest BCUT2D eigenvalue weighted by Gasteiger charge is -2.12. The Kier molecular flexibility index (Phi) is 6.53. The van der Waals surface area contributed by atoms with Crippen molar-refractivity contribution in [3.63, 3.8) is 0 Å². The van der Waals surface area contributed by atoms with Crippen LogP contribution in [0.1, 0.15) is 6.92 Å². The zero-order chi connectivity index (χ0) is 22.5. The molecule has 0 saturated heterocycles. The van der Waals surface area contributed by atoms with Crippen LogP contribution in [0.4, 0.5) is 5.82 Å². The minimum atomic E-state index is -0.00352. The van der Waals surface area contributed by atoms with Crippen LogP contribution >= 0.6 is 0 Å². The maximum atomic E-state index is 6.25. The van der Waals surface area contributed by atoms with Gasteiger partial charge in [-0.2, -0.15) is 0 Å². The standard InChI is InChI=1S/C24H27N5O3/c1-16(30-2)26-11-12-32-19-9-7-18(8-10-19)29-14-21(17-5-4-6-20(13-17)31-3)22-23(25)27-15-28-24(22)29/h4-10,13-16,26H,11-12H2,1-3H3,(H2,25,27,28). The Morgan fingerprint density at radius 3 is 2.62 bits per heavy atom. The first-order chi connectivity index (χ1) is 15.6. The predicted octanol–water partition coefficient (Wildman–Crippen LogP) is 3.64. The Bertz CT molecular complexity index is 1190. The number of benzene rings is 2. The van der Waals surface area contributed by atoms with E-state index in [2.05, 4.69) is 15.3 Å². The summed E-state index contributed by atoms with van der Waals surface area (Å²) in [5.41, 5.74) is 9.85. The number of aromatic nitrogens is 3. The second-order valence-corrected chi connectivity index (χ2v) is 7.28. The number of ether oxygens (including phenoxy) is 3. The number of methoxy groups -OCH3 is 2. The SMILES string of the molecule is COc1cccc(-c2cn(-c3ccc(OCCNC(C)OC)cc3)c3ncnc(N)c23)c1. The molecule has 0 spiro atoms. The number of nitrogen functional groups attached to an aromatic ring is 1. The lowest BCUT2D eigenvalue weighted by molar-refractivity contribution is 0.0856. The van der Waals surface area contributed by atoms with E-state index in [1.807, 2.05) is 66.2 Å². The van der Waals surface area contributed by atoms with E-state index in [0.717, 1.165) is 39.3 Å². The molecule has 1 atom stereocenters. The summed E-state index contributed by atoms with van der Waals surface area (Å²) in [6.07, 6.45) is 3.50. The summed E-state index contributed by atoms with van der Waals surface area (Å²) in [6.45, 7) is 3.19. The fourth-order valence-corrected chi connectivity index (χ4v) is 3.51. The molecule has 2 heterocycles. The predicted molar refractivity (Wildman–Crippen MR) is 125 cm³/mol. The summed E-state index contributed by atoms with van der Waals surface area (Å²) in [5.74, 6) is 2.00. The van der Waals surface area contributed by atoms with Gasteiger partial charge in [0.2, 0.25) is 0 Å². The second kappa shape index (κ2) is 9.67. The van der Waals surface area contributed by atoms with Crippen molar-refractivity contribution in [3.05, 3.63) is 61.1 Å². The van der Waals surface area contributed by atoms with E-state index in [-0.39, 0.29) is 6.23 Å². The van der Waals surface area contributed by atoms with Gasteiger partial charge in [-0.05, 0) is 48.9 Å². The molecule has 3 N–H and O–H groups in total. The van der Waals surface area contributed by atoms with Crippen molar-refractivity contribution in [3.8, 4) is 28.3 Å². The summed E-state index contributed by atoms with van der Waals surface area (Å²) in [4.78, 5) is 8.71. The third-order valence-corrected chi connectivity index (χ3v) is 5.26. The van der Waals surface area contributed by atoms with Crippen molar-refractivity contribution >= 4 is 16.9 Å². The summed E-state index contributed by atoms with van der Waals surface area (Å²) in [6, 6.07) is 15.7. The summed E-state index contributed by atoms with van der Waals surface area (Å²) in [5, 5.41) is 4.01. The van der Waals surface area contributed by atoms with Crippen molar-refractivity contribution in [2.75, 3.05) is 33.1 Å². The number of rotatable bonds is 9. The Morgan fingerprint density at radius 1 is 1.06 bits per heavy atom. The van der Waals surface area contributed by atoms with E-state index in [1.54, 1.807) is 14.2 Å². The molecule has 0 aliphatic rings. The molecule has 0 amide bonds. The van der Waals surface area contributed by atoms with Gasteiger partial charge in [-0.25, -0.2) is 9.97 Å². The molecule has 0 aliphatic carbocycles. The average molecular weight is 434 g/mol. The van der Waals surface area contributed by atoms with Crippen LogP contribution in [0, 0.1) is 0 Å². The highest BCUT2D eigenvalue weighted by molar-refractivity contribution is 6.01. The van der Waals surface area contributed by atoms with Gasteiger partial charge < -0.3 is 24.5 Å². The first-order valence-electron chi connectivity index (χ1n) is 10.4. The number of hydrogen-bond acceptors (Lipinski definition) is 7. The molecule has 8 nitrogen and oxygen atoms in total. The van der Waals surface area contributed by atoms with E-state index < -0.39 is 0 Å². The van der Waals surface area contributed by atoms with Crippen LogP contribution in [0.3, 0.4) is 0 Å². The smallest absolute Gasteiger partial charge is 0.150 e. The quantitative estimate of drug-likeness (QED) is 0.307. The molecular formula is C24H27N5O3. The fraction of sp³-hybridized carbons (Fsp3) is 0.250. The van der Waals surface area contributed by atoms with Gasteiger partial charge in [0.05, 0.1) is 12.5 Å². The third-order valence-electron chi connectivity index (χ3n) is 5.26. The number of nitrogens with one attached hydrogen (secondary N) is 1. The van der Waals surface area contributed by atoms with Gasteiger partial charge in [0.25, 0.3) is 0 Å². The Balaban J connectivity index is 1.63. The molecule has 0 fully saturated rings. The first-order valence-corrected chi connectivity index (χ1v) is 10.4. The van der Waals surface area contributed by atoms with Crippen LogP contribution in [0.25, 0.3) is 27.8 Å². The van der Waals surface area contributed by atoms with E-state index in [0.29, 0.717) is 19.0 Å². The molecule has 1 unspecified atom stereocenters. The van der Waals surface area contributed by atoms with E-state index in [1.165, 1.54) is 6.33 Å². The maximum absolute atomic E-state index is 6.25. The van der Waals surface area contributed by atoms with Crippen molar-refractivity contribution in [1.29, 1.82) is 0 Å². The molecule has 32 heavy (non-hydrogen) atoms. The lowest BCUT2D eigenvalue weighted by atomic mass is 10.1. The van der Waals surface area contributed by atoms with Gasteiger partial charge in [-0.3, -0.25) is 5.32 Å². The first kappa shape index (κ1) is 21.6. The second-order valence-electron chi connectivity index (χ2n) is 7.28. The van der Waals surface area contributed by atoms with Gasteiger partial charge in [-0.15, -0.1) is 0 Å². The average Bonchev–Trinajstić information content (AvgIpc) is 3.23. The van der Waals surface area contributed by atoms with Crippen molar-refractivity contribution in [1.82, 2.24) is 19.9 Å². The normalized spacial score (nSPS) is 12.1. The molecule has 0 saturated carbocycles. The lowest BCUT2D eigenvalue weighted by Crippen LogP contribution is -2.31. The fourth-order valence-electron chi connectivity index (χ4n) is 3.51. The zero-order valence-electron chi connectivity index (χ0n) is 18.4. The number of nitrogens with zero attached hydrogens (tertiary/aromatic N) is 3. The molecule has 4 rings (SSSR count). The molecule has 166 valence electrons. The van der Waals surface area contributed by atoms with Crippen molar-refractivity contribution < 1.29 is 14.2 Å². The van der Waals surface area contributed by atoms with Gasteiger partial charge >= 0.3 is 0 Å². The zero-order valence-corrected chi connectivity index (χ0v) is 18.4. The Labute approximate surface area is 187 Å². The molecule has 0 bridgehead atoms. The summed E-state index contributed by atoms with van der Waals surface area (Å²) < 4.78 is 18.4. The molecule has 0 radical (unpaired) electrons. The van der Waals surface area contributed by atoms with Gasteiger partial charge in [0.1, 0.15) is 36.5 Å². The summed E-state index contributed by atoms with van der Waals surface area (Å²) in [7, 11) is 3.32. The Hall–Kier alpha value is -3.62. The van der Waals surface area contributed by atoms with Gasteiger partial charge in [0, 0.05) is 31.1 Å². The number of anilines is 1. The number of fused-ring (bicyclic) bond motifs is 1. The minimum Gasteiger partial charge on any atom is -0.497 e. The topological polar surface area (TPSA) is 96.5 Å². The van der Waals surface area contributed by atoms with Crippen LogP contribution in [-0.2, 0) is 4.74 Å². The van der Waals surface area contributed by atoms with E-state index in [4.69, 9.17) is 19.9 Å². The van der Waals surface area contributed by atoms with Gasteiger partial charge in [0.15, 0.2) is 5.65 Å². The highest BCUT2D eigenvalue weighted by atomic mass is 16.5. The third kappa shape index (κ3) is 4.51. The van der Waals surface area contributed by atoms with Crippen LogP contribution in [0.15, 0.2) is 61.1 Å². The van der Waals surface area contributed by atoms with Crippen molar-refractivity contribution in [2.24, 2.45) is 0 Å². The van der Waals surface area contributed by atoms with Crippen LogP contribution in [-0.4, -0.2) is 48.1 Å². The highest BCUT2D eigenvalue weighted by Crippen LogP contribution is 2.35. The summed E-state index contributed by atoms with van der Waals surface area (Å²) >= 11 is 0. The molecule has 8 heteroatoms. The monoisotopic (exact) mass is 433 g/mol.